The summed E-state index contributed by atoms with van der Waals surface area (Å²) >= 11 is 0. The van der Waals surface area contributed by atoms with Gasteiger partial charge in [-0.2, -0.15) is 0 Å². The van der Waals surface area contributed by atoms with Gasteiger partial charge < -0.3 is 5.32 Å². The molecule has 0 fully saturated rings. The highest BCUT2D eigenvalue weighted by atomic mass is 14.9. The van der Waals surface area contributed by atoms with E-state index in [4.69, 9.17) is 0 Å². The molecule has 0 amide bonds. The fourth-order valence-corrected chi connectivity index (χ4v) is 1.88. The van der Waals surface area contributed by atoms with E-state index in [1.807, 2.05) is 6.07 Å². The third-order valence-corrected chi connectivity index (χ3v) is 3.00. The number of rotatable bonds is 6. The summed E-state index contributed by atoms with van der Waals surface area (Å²) in [5.74, 6) is 0.675. The summed E-state index contributed by atoms with van der Waals surface area (Å²) in [6.45, 7) is 11.7. The van der Waals surface area contributed by atoms with Crippen molar-refractivity contribution < 1.29 is 0 Å². The van der Waals surface area contributed by atoms with Crippen molar-refractivity contribution in [3.05, 3.63) is 42.5 Å². The third kappa shape index (κ3) is 3.82. The molecule has 0 spiro atoms. The molecule has 1 atom stereocenters. The highest BCUT2D eigenvalue weighted by Gasteiger charge is 2.10. The summed E-state index contributed by atoms with van der Waals surface area (Å²) in [5.41, 5.74) is 2.40. The van der Waals surface area contributed by atoms with Crippen LogP contribution in [0.15, 0.2) is 36.9 Å². The number of benzene rings is 1. The van der Waals surface area contributed by atoms with E-state index >= 15 is 0 Å². The second kappa shape index (κ2) is 6.49. The monoisotopic (exact) mass is 217 g/mol. The molecule has 16 heavy (non-hydrogen) atoms. The Morgan fingerprint density at radius 2 is 1.88 bits per heavy atom. The first-order chi connectivity index (χ1) is 7.65. The molecule has 0 aliphatic heterocycles. The molecule has 0 heterocycles. The predicted molar refractivity (Wildman–Crippen MR) is 72.4 cm³/mol. The van der Waals surface area contributed by atoms with Crippen LogP contribution in [0.1, 0.15) is 32.8 Å². The van der Waals surface area contributed by atoms with Gasteiger partial charge >= 0.3 is 0 Å². The van der Waals surface area contributed by atoms with Crippen LogP contribution in [0.4, 0.5) is 0 Å². The van der Waals surface area contributed by atoms with Crippen LogP contribution < -0.4 is 5.32 Å². The van der Waals surface area contributed by atoms with Gasteiger partial charge in [-0.05, 0) is 23.5 Å². The molecule has 0 radical (unpaired) electrons. The van der Waals surface area contributed by atoms with Crippen molar-refractivity contribution in [1.82, 2.24) is 5.32 Å². The van der Waals surface area contributed by atoms with Gasteiger partial charge in [-0.3, -0.25) is 0 Å². The standard InChI is InChI=1S/C15H23N/c1-5-15(12(2)3)16-11-13(4)14-9-7-6-8-10-14/h6-10,12,15-16H,4-5,11H2,1-3H3. The van der Waals surface area contributed by atoms with Gasteiger partial charge in [0.2, 0.25) is 0 Å². The van der Waals surface area contributed by atoms with E-state index in [0.29, 0.717) is 12.0 Å². The molecule has 1 aromatic carbocycles. The van der Waals surface area contributed by atoms with Crippen LogP contribution in [0.3, 0.4) is 0 Å². The molecule has 0 saturated carbocycles. The quantitative estimate of drug-likeness (QED) is 0.765. The topological polar surface area (TPSA) is 12.0 Å². The van der Waals surface area contributed by atoms with Gasteiger partial charge in [0.25, 0.3) is 0 Å². The Hall–Kier alpha value is -1.08. The maximum atomic E-state index is 4.13. The molecule has 1 heteroatoms. The summed E-state index contributed by atoms with van der Waals surface area (Å²) < 4.78 is 0. The minimum atomic E-state index is 0.584. The minimum Gasteiger partial charge on any atom is -0.310 e. The zero-order chi connectivity index (χ0) is 12.0. The van der Waals surface area contributed by atoms with Crippen molar-refractivity contribution in [2.75, 3.05) is 6.54 Å². The number of hydrogen-bond donors (Lipinski definition) is 1. The average molecular weight is 217 g/mol. The highest BCUT2D eigenvalue weighted by molar-refractivity contribution is 5.64. The predicted octanol–water partition coefficient (Wildman–Crippen LogP) is 3.72. The lowest BCUT2D eigenvalue weighted by atomic mass is 10.0. The summed E-state index contributed by atoms with van der Waals surface area (Å²) in [4.78, 5) is 0. The van der Waals surface area contributed by atoms with Crippen molar-refractivity contribution >= 4 is 5.57 Å². The second-order valence-corrected chi connectivity index (χ2v) is 4.61. The Labute approximate surface area is 99.6 Å². The van der Waals surface area contributed by atoms with E-state index in [1.165, 1.54) is 17.6 Å². The second-order valence-electron chi connectivity index (χ2n) is 4.61. The van der Waals surface area contributed by atoms with Crippen LogP contribution in [-0.4, -0.2) is 12.6 Å². The SMILES string of the molecule is C=C(CNC(CC)C(C)C)c1ccccc1. The van der Waals surface area contributed by atoms with Gasteiger partial charge in [-0.1, -0.05) is 57.7 Å². The molecule has 1 N–H and O–H groups in total. The fraction of sp³-hybridized carbons (Fsp3) is 0.467. The molecule has 1 aromatic rings. The van der Waals surface area contributed by atoms with Crippen LogP contribution in [-0.2, 0) is 0 Å². The average Bonchev–Trinajstić information content (AvgIpc) is 2.30. The van der Waals surface area contributed by atoms with Crippen molar-refractivity contribution in [2.24, 2.45) is 5.92 Å². The minimum absolute atomic E-state index is 0.584. The van der Waals surface area contributed by atoms with Crippen LogP contribution in [0.5, 0.6) is 0 Å². The summed E-state index contributed by atoms with van der Waals surface area (Å²) in [6, 6.07) is 11.0. The Bertz CT molecular complexity index is 313. The molecule has 0 saturated heterocycles. The molecule has 1 nitrogen and oxygen atoms in total. The van der Waals surface area contributed by atoms with Crippen molar-refractivity contribution in [1.29, 1.82) is 0 Å². The van der Waals surface area contributed by atoms with Crippen molar-refractivity contribution in [3.63, 3.8) is 0 Å². The van der Waals surface area contributed by atoms with Crippen molar-refractivity contribution in [3.8, 4) is 0 Å². The molecule has 1 rings (SSSR count). The molecule has 0 bridgehead atoms. The van der Waals surface area contributed by atoms with Gasteiger partial charge in [0, 0.05) is 12.6 Å². The molecular weight excluding hydrogens is 194 g/mol. The largest absolute Gasteiger partial charge is 0.310 e. The van der Waals surface area contributed by atoms with Crippen LogP contribution >= 0.6 is 0 Å². The van der Waals surface area contributed by atoms with Gasteiger partial charge in [-0.25, -0.2) is 0 Å². The molecular formula is C15H23N. The normalized spacial score (nSPS) is 12.8. The van der Waals surface area contributed by atoms with E-state index in [2.05, 4.69) is 56.9 Å². The summed E-state index contributed by atoms with van der Waals surface area (Å²) in [7, 11) is 0. The smallest absolute Gasteiger partial charge is 0.0208 e. The van der Waals surface area contributed by atoms with E-state index in [1.54, 1.807) is 0 Å². The van der Waals surface area contributed by atoms with Crippen LogP contribution in [0, 0.1) is 5.92 Å². The zero-order valence-electron chi connectivity index (χ0n) is 10.7. The summed E-state index contributed by atoms with van der Waals surface area (Å²) in [6.07, 6.45) is 1.17. The number of nitrogens with one attached hydrogen (secondary N) is 1. The van der Waals surface area contributed by atoms with Crippen molar-refractivity contribution in [2.45, 2.75) is 33.2 Å². The lowest BCUT2D eigenvalue weighted by molar-refractivity contribution is 0.405. The number of hydrogen-bond acceptors (Lipinski definition) is 1. The third-order valence-electron chi connectivity index (χ3n) is 3.00. The summed E-state index contributed by atoms with van der Waals surface area (Å²) in [5, 5.41) is 3.57. The first-order valence-electron chi connectivity index (χ1n) is 6.11. The maximum Gasteiger partial charge on any atom is 0.0208 e. The van der Waals surface area contributed by atoms with E-state index in [9.17, 15) is 0 Å². The lowest BCUT2D eigenvalue weighted by Crippen LogP contribution is -2.34. The van der Waals surface area contributed by atoms with Crippen LogP contribution in [0.25, 0.3) is 5.57 Å². The van der Waals surface area contributed by atoms with Gasteiger partial charge in [0.1, 0.15) is 0 Å². The Balaban J connectivity index is 2.47. The first-order valence-corrected chi connectivity index (χ1v) is 6.11. The lowest BCUT2D eigenvalue weighted by Gasteiger charge is -2.21. The molecule has 0 aliphatic rings. The van der Waals surface area contributed by atoms with E-state index in [0.717, 1.165) is 6.54 Å². The van der Waals surface area contributed by atoms with Gasteiger partial charge in [0.05, 0.1) is 0 Å². The highest BCUT2D eigenvalue weighted by Crippen LogP contribution is 2.12. The van der Waals surface area contributed by atoms with Gasteiger partial charge in [-0.15, -0.1) is 0 Å². The Morgan fingerprint density at radius 1 is 1.25 bits per heavy atom. The van der Waals surface area contributed by atoms with Crippen LogP contribution in [0.2, 0.25) is 0 Å². The molecule has 1 unspecified atom stereocenters. The Kier molecular flexibility index (Phi) is 5.27. The van der Waals surface area contributed by atoms with Gasteiger partial charge in [0.15, 0.2) is 0 Å². The fourth-order valence-electron chi connectivity index (χ4n) is 1.88. The van der Waals surface area contributed by atoms with E-state index < -0.39 is 0 Å². The van der Waals surface area contributed by atoms with E-state index in [-0.39, 0.29) is 0 Å². The Morgan fingerprint density at radius 3 is 2.38 bits per heavy atom. The maximum absolute atomic E-state index is 4.13. The first kappa shape index (κ1) is 13.0. The molecule has 0 aromatic heterocycles. The zero-order valence-corrected chi connectivity index (χ0v) is 10.7. The molecule has 0 aliphatic carbocycles. The molecule has 88 valence electrons.